The van der Waals surface area contributed by atoms with Crippen molar-refractivity contribution in [1.82, 2.24) is 25.1 Å². The zero-order valence-corrected chi connectivity index (χ0v) is 25.0. The van der Waals surface area contributed by atoms with Crippen LogP contribution in [0.15, 0.2) is 78.9 Å². The lowest BCUT2D eigenvalue weighted by molar-refractivity contribution is -0.158. The third-order valence-electron chi connectivity index (χ3n) is 7.71. The summed E-state index contributed by atoms with van der Waals surface area (Å²) in [5.41, 5.74) is 3.52. The zero-order chi connectivity index (χ0) is 29.8. The fraction of sp³-hybridized carbons (Fsp3) is 0.344. The highest BCUT2D eigenvalue weighted by Crippen LogP contribution is 2.37. The van der Waals surface area contributed by atoms with Crippen LogP contribution in [-0.2, 0) is 22.7 Å². The van der Waals surface area contributed by atoms with E-state index in [0.29, 0.717) is 31.1 Å². The first-order chi connectivity index (χ1) is 20.3. The Balaban J connectivity index is 1.46. The number of fused-ring (bicyclic) bond motifs is 1. The van der Waals surface area contributed by atoms with E-state index in [1.807, 2.05) is 110 Å². The van der Waals surface area contributed by atoms with E-state index in [-0.39, 0.29) is 30.9 Å². The predicted octanol–water partition coefficient (Wildman–Crippen LogP) is 4.50. The minimum Gasteiger partial charge on any atom is -0.376 e. The number of nitrogens with zero attached hydrogens (tertiary/aromatic N) is 5. The lowest BCUT2D eigenvalue weighted by Crippen LogP contribution is -2.62. The van der Waals surface area contributed by atoms with Crippen molar-refractivity contribution in [2.75, 3.05) is 38.6 Å². The van der Waals surface area contributed by atoms with Crippen molar-refractivity contribution < 1.29 is 14.4 Å². The number of hydrazine groups is 1. The van der Waals surface area contributed by atoms with E-state index in [9.17, 15) is 14.4 Å². The molecule has 2 aliphatic rings. The number of hydrogen-bond donors (Lipinski definition) is 1. The van der Waals surface area contributed by atoms with Gasteiger partial charge in [-0.3, -0.25) is 14.6 Å². The van der Waals surface area contributed by atoms with Gasteiger partial charge in [0.05, 0.1) is 23.8 Å². The van der Waals surface area contributed by atoms with Crippen LogP contribution in [0.25, 0.3) is 0 Å². The summed E-state index contributed by atoms with van der Waals surface area (Å²) < 4.78 is 0. The molecule has 3 aromatic carbocycles. The van der Waals surface area contributed by atoms with Gasteiger partial charge in [-0.2, -0.15) is 5.01 Å². The summed E-state index contributed by atoms with van der Waals surface area (Å²) in [5.74, 6) is -0.329. The molecular formula is C32H37ClN6O3. The molecular weight excluding hydrogens is 552 g/mol. The van der Waals surface area contributed by atoms with E-state index in [1.54, 1.807) is 14.8 Å². The van der Waals surface area contributed by atoms with Crippen molar-refractivity contribution >= 4 is 35.1 Å². The van der Waals surface area contributed by atoms with Gasteiger partial charge in [0.25, 0.3) is 5.91 Å². The number of rotatable bonds is 9. The fourth-order valence-electron chi connectivity index (χ4n) is 5.68. The highest BCUT2D eigenvalue weighted by atomic mass is 35.5. The molecule has 2 aliphatic heterocycles. The third-order valence-corrected chi connectivity index (χ3v) is 8.03. The van der Waals surface area contributed by atoms with E-state index in [1.165, 1.54) is 0 Å². The lowest BCUT2D eigenvalue weighted by atomic mass is 10.00. The normalized spacial score (nSPS) is 18.7. The van der Waals surface area contributed by atoms with Crippen LogP contribution in [0.4, 0.5) is 10.5 Å². The number of piperazine rings is 1. The number of benzene rings is 3. The Kier molecular flexibility index (Phi) is 8.99. The number of hydrogen-bond acceptors (Lipinski definition) is 5. The summed E-state index contributed by atoms with van der Waals surface area (Å²) in [6.45, 7) is 3.43. The summed E-state index contributed by atoms with van der Waals surface area (Å²) in [6, 6.07) is 23.8. The van der Waals surface area contributed by atoms with Gasteiger partial charge in [0.15, 0.2) is 0 Å². The molecule has 0 aliphatic carbocycles. The molecule has 0 bridgehead atoms. The first kappa shape index (κ1) is 29.4. The molecule has 2 fully saturated rings. The molecule has 0 saturated carbocycles. The van der Waals surface area contributed by atoms with Crippen LogP contribution < -0.4 is 10.2 Å². The molecule has 0 radical (unpaired) electrons. The Morgan fingerprint density at radius 1 is 0.976 bits per heavy atom. The molecule has 10 heteroatoms. The van der Waals surface area contributed by atoms with Crippen LogP contribution in [0.2, 0.25) is 5.02 Å². The molecule has 5 rings (SSSR count). The predicted molar refractivity (Wildman–Crippen MR) is 163 cm³/mol. The smallest absolute Gasteiger partial charge is 0.332 e. The van der Waals surface area contributed by atoms with Crippen molar-refractivity contribution in [2.45, 2.75) is 38.6 Å². The van der Waals surface area contributed by atoms with Gasteiger partial charge in [0.2, 0.25) is 5.91 Å². The quantitative estimate of drug-likeness (QED) is 0.398. The first-order valence-corrected chi connectivity index (χ1v) is 14.6. The molecule has 9 nitrogen and oxygen atoms in total. The van der Waals surface area contributed by atoms with Gasteiger partial charge < -0.3 is 20.0 Å². The number of urea groups is 1. The van der Waals surface area contributed by atoms with Crippen LogP contribution >= 0.6 is 11.6 Å². The molecule has 220 valence electrons. The van der Waals surface area contributed by atoms with E-state index < -0.39 is 12.2 Å². The number of nitrogens with one attached hydrogen (secondary N) is 1. The van der Waals surface area contributed by atoms with Gasteiger partial charge in [-0.15, -0.1) is 0 Å². The summed E-state index contributed by atoms with van der Waals surface area (Å²) >= 11 is 6.42. The zero-order valence-electron chi connectivity index (χ0n) is 24.2. The van der Waals surface area contributed by atoms with Gasteiger partial charge in [0.1, 0.15) is 12.2 Å². The van der Waals surface area contributed by atoms with Gasteiger partial charge in [-0.05, 0) is 35.2 Å². The van der Waals surface area contributed by atoms with Crippen molar-refractivity contribution in [3.63, 3.8) is 0 Å². The molecule has 2 saturated heterocycles. The molecule has 42 heavy (non-hydrogen) atoms. The molecule has 1 N–H and O–H groups in total. The Labute approximate surface area is 252 Å². The number of amides is 4. The largest absolute Gasteiger partial charge is 0.376 e. The Bertz CT molecular complexity index is 1420. The molecule has 0 aromatic heterocycles. The standard InChI is InChI=1S/C32H37ClN6O3/c1-4-17-37(32(42)34-19-23-11-7-5-8-12-23)38-22-29(40)39-28(38)21-36(31(41)30(39)25-13-9-6-10-14-25)20-24-15-16-26(33)27(18-24)35(2)3/h5-16,18,28,30H,4,17,19-22H2,1-3H3,(H,34,42)/t28-,30+/m1/s1. The summed E-state index contributed by atoms with van der Waals surface area (Å²) in [7, 11) is 3.85. The molecule has 3 aromatic rings. The lowest BCUT2D eigenvalue weighted by Gasteiger charge is -2.46. The maximum absolute atomic E-state index is 14.1. The maximum Gasteiger partial charge on any atom is 0.332 e. The average molecular weight is 589 g/mol. The van der Waals surface area contributed by atoms with Crippen molar-refractivity contribution in [2.24, 2.45) is 0 Å². The molecule has 0 spiro atoms. The Morgan fingerprint density at radius 2 is 1.67 bits per heavy atom. The van der Waals surface area contributed by atoms with Crippen LogP contribution in [0.1, 0.15) is 36.1 Å². The van der Waals surface area contributed by atoms with Crippen molar-refractivity contribution in [3.05, 3.63) is 101 Å². The second kappa shape index (κ2) is 12.8. The first-order valence-electron chi connectivity index (χ1n) is 14.2. The molecule has 2 heterocycles. The van der Waals surface area contributed by atoms with Crippen LogP contribution in [-0.4, -0.2) is 77.6 Å². The number of halogens is 1. The van der Waals surface area contributed by atoms with Crippen LogP contribution in [0.5, 0.6) is 0 Å². The van der Waals surface area contributed by atoms with E-state index in [0.717, 1.165) is 22.4 Å². The van der Waals surface area contributed by atoms with Gasteiger partial charge in [0, 0.05) is 33.7 Å². The fourth-order valence-corrected chi connectivity index (χ4v) is 5.97. The highest BCUT2D eigenvalue weighted by molar-refractivity contribution is 6.33. The molecule has 2 atom stereocenters. The second-order valence-corrected chi connectivity index (χ2v) is 11.3. The van der Waals surface area contributed by atoms with Crippen LogP contribution in [0.3, 0.4) is 0 Å². The second-order valence-electron chi connectivity index (χ2n) is 10.9. The highest BCUT2D eigenvalue weighted by Gasteiger charge is 2.52. The minimum absolute atomic E-state index is 0.0135. The number of anilines is 1. The van der Waals surface area contributed by atoms with Crippen molar-refractivity contribution in [1.29, 1.82) is 0 Å². The van der Waals surface area contributed by atoms with E-state index in [4.69, 9.17) is 11.6 Å². The Morgan fingerprint density at radius 3 is 2.33 bits per heavy atom. The SMILES string of the molecule is CCCN(C(=O)NCc1ccccc1)N1CC(=O)N2[C@@H](c3ccccc3)C(=O)N(Cc3ccc(Cl)c(N(C)C)c3)C[C@@H]21. The maximum atomic E-state index is 14.1. The molecule has 4 amide bonds. The van der Waals surface area contributed by atoms with E-state index >= 15 is 0 Å². The summed E-state index contributed by atoms with van der Waals surface area (Å²) in [6.07, 6.45) is 0.203. The number of carbonyl (C=O) groups excluding carboxylic acids is 3. The Hall–Kier alpha value is -4.08. The van der Waals surface area contributed by atoms with Gasteiger partial charge in [-0.1, -0.05) is 85.3 Å². The average Bonchev–Trinajstić information content (AvgIpc) is 3.31. The van der Waals surface area contributed by atoms with Crippen LogP contribution in [0, 0.1) is 0 Å². The number of carbonyl (C=O) groups is 3. The topological polar surface area (TPSA) is 79.4 Å². The van der Waals surface area contributed by atoms with E-state index in [2.05, 4.69) is 5.32 Å². The minimum atomic E-state index is -0.793. The summed E-state index contributed by atoms with van der Waals surface area (Å²) in [5, 5.41) is 7.11. The summed E-state index contributed by atoms with van der Waals surface area (Å²) in [4.78, 5) is 46.6. The van der Waals surface area contributed by atoms with Gasteiger partial charge >= 0.3 is 6.03 Å². The monoisotopic (exact) mass is 588 g/mol. The van der Waals surface area contributed by atoms with Crippen molar-refractivity contribution in [3.8, 4) is 0 Å². The van der Waals surface area contributed by atoms with Gasteiger partial charge in [-0.25, -0.2) is 4.79 Å². The molecule has 0 unspecified atom stereocenters. The third kappa shape index (κ3) is 6.07.